The highest BCUT2D eigenvalue weighted by molar-refractivity contribution is 8.28. The molecule has 2 aliphatic heterocycles. The van der Waals surface area contributed by atoms with Gasteiger partial charge in [-0.05, 0) is 57.2 Å². The highest BCUT2D eigenvalue weighted by atomic mass is 32.2. The largest absolute Gasteiger partial charge is 0.462 e. The molecule has 28 heavy (non-hydrogen) atoms. The Hall–Kier alpha value is -2.13. The van der Waals surface area contributed by atoms with E-state index in [-0.39, 0.29) is 17.6 Å². The van der Waals surface area contributed by atoms with Crippen molar-refractivity contribution in [2.24, 2.45) is 5.10 Å². The van der Waals surface area contributed by atoms with Crippen LogP contribution in [-0.2, 0) is 19.1 Å². The first kappa shape index (κ1) is 20.6. The number of anilines is 1. The Morgan fingerprint density at radius 2 is 1.79 bits per heavy atom. The molecule has 0 saturated carbocycles. The Morgan fingerprint density at radius 3 is 2.43 bits per heavy atom. The van der Waals surface area contributed by atoms with Crippen LogP contribution < -0.4 is 5.01 Å². The van der Waals surface area contributed by atoms with E-state index < -0.39 is 10.3 Å². The highest BCUT2D eigenvalue weighted by Crippen LogP contribution is 2.58. The van der Waals surface area contributed by atoms with E-state index in [1.807, 2.05) is 50.1 Å². The molecule has 2 heterocycles. The highest BCUT2D eigenvalue weighted by Gasteiger charge is 2.56. The lowest BCUT2D eigenvalue weighted by Crippen LogP contribution is -2.47. The van der Waals surface area contributed by atoms with E-state index in [1.165, 1.54) is 23.5 Å². The van der Waals surface area contributed by atoms with Crippen molar-refractivity contribution in [3.8, 4) is 0 Å². The maximum Gasteiger partial charge on any atom is 0.365 e. The van der Waals surface area contributed by atoms with Gasteiger partial charge in [-0.25, -0.2) is 14.6 Å². The predicted molar refractivity (Wildman–Crippen MR) is 113 cm³/mol. The van der Waals surface area contributed by atoms with E-state index in [0.717, 1.165) is 16.9 Å². The number of carbonyl (C=O) groups is 2. The number of hydrogen-bond donors (Lipinski definition) is 0. The monoisotopic (exact) mass is 421 g/mol. The maximum absolute atomic E-state index is 12.5. The van der Waals surface area contributed by atoms with Crippen molar-refractivity contribution in [1.29, 1.82) is 0 Å². The SMILES string of the molecule is CCOC(=O)C1=NN(c2cccc(C)c2)C2(S1)SC(C(=O)OCC)=C(C)N2C. The van der Waals surface area contributed by atoms with E-state index in [4.69, 9.17) is 9.47 Å². The molecule has 0 aromatic heterocycles. The number of rotatable bonds is 5. The van der Waals surface area contributed by atoms with Gasteiger partial charge in [-0.1, -0.05) is 23.9 Å². The van der Waals surface area contributed by atoms with Gasteiger partial charge in [0.15, 0.2) is 0 Å². The van der Waals surface area contributed by atoms with Crippen molar-refractivity contribution in [2.75, 3.05) is 25.3 Å². The molecule has 0 radical (unpaired) electrons. The minimum Gasteiger partial charge on any atom is -0.462 e. The van der Waals surface area contributed by atoms with Gasteiger partial charge in [-0.3, -0.25) is 0 Å². The lowest BCUT2D eigenvalue weighted by Gasteiger charge is -2.39. The maximum atomic E-state index is 12.5. The van der Waals surface area contributed by atoms with Crippen LogP contribution in [0.2, 0.25) is 0 Å². The number of hydrogen-bond acceptors (Lipinski definition) is 9. The van der Waals surface area contributed by atoms with Gasteiger partial charge >= 0.3 is 11.9 Å². The van der Waals surface area contributed by atoms with Gasteiger partial charge < -0.3 is 14.4 Å². The third-order valence-corrected chi connectivity index (χ3v) is 7.37. The molecular weight excluding hydrogens is 398 g/mol. The molecule has 1 aromatic rings. The van der Waals surface area contributed by atoms with E-state index in [9.17, 15) is 9.59 Å². The summed E-state index contributed by atoms with van der Waals surface area (Å²) in [6.07, 6.45) is 0. The van der Waals surface area contributed by atoms with E-state index in [0.29, 0.717) is 11.5 Å². The number of benzene rings is 1. The number of nitrogens with zero attached hydrogens (tertiary/aromatic N) is 3. The number of aryl methyl sites for hydroxylation is 1. The first-order chi connectivity index (χ1) is 13.3. The number of hydrazone groups is 1. The Labute approximate surface area is 173 Å². The van der Waals surface area contributed by atoms with E-state index in [2.05, 4.69) is 5.10 Å². The van der Waals surface area contributed by atoms with Crippen molar-refractivity contribution < 1.29 is 19.1 Å². The lowest BCUT2D eigenvalue weighted by molar-refractivity contribution is -0.137. The molecule has 7 nitrogen and oxygen atoms in total. The average molecular weight is 422 g/mol. The van der Waals surface area contributed by atoms with Crippen LogP contribution in [0.5, 0.6) is 0 Å². The summed E-state index contributed by atoms with van der Waals surface area (Å²) in [5.41, 5.74) is 2.66. The Balaban J connectivity index is 2.03. The molecule has 3 rings (SSSR count). The summed E-state index contributed by atoms with van der Waals surface area (Å²) < 4.78 is 9.54. The minimum absolute atomic E-state index is 0.251. The van der Waals surface area contributed by atoms with Gasteiger partial charge in [-0.2, -0.15) is 5.10 Å². The fourth-order valence-electron chi connectivity index (χ4n) is 2.90. The van der Waals surface area contributed by atoms with Gasteiger partial charge in [0, 0.05) is 12.7 Å². The normalized spacial score (nSPS) is 21.4. The molecule has 1 aromatic carbocycles. The zero-order chi connectivity index (χ0) is 20.5. The quantitative estimate of drug-likeness (QED) is 0.669. The molecular formula is C19H23N3O4S2. The molecule has 0 aliphatic carbocycles. The van der Waals surface area contributed by atoms with Crippen molar-refractivity contribution in [3.63, 3.8) is 0 Å². The summed E-state index contributed by atoms with van der Waals surface area (Å²) >= 11 is 2.60. The summed E-state index contributed by atoms with van der Waals surface area (Å²) in [5.74, 6) is -0.846. The molecule has 0 N–H and O–H groups in total. The number of carbonyl (C=O) groups excluding carboxylic acids is 2. The standard InChI is InChI=1S/C19H23N3O4S2/c1-6-25-17(23)15-13(4)21(5)19(27-15)22(14-10-8-9-12(3)11-14)20-16(28-19)18(24)26-7-2/h8-11H,6-7H2,1-5H3. The average Bonchev–Trinajstić information content (AvgIpc) is 3.17. The molecule has 0 bridgehead atoms. The van der Waals surface area contributed by atoms with Crippen LogP contribution in [-0.4, -0.2) is 46.5 Å². The second kappa shape index (κ2) is 8.08. The molecule has 0 fully saturated rings. The van der Waals surface area contributed by atoms with Crippen LogP contribution in [0.25, 0.3) is 0 Å². The fourth-order valence-corrected chi connectivity index (χ4v) is 5.78. The zero-order valence-electron chi connectivity index (χ0n) is 16.5. The van der Waals surface area contributed by atoms with Crippen molar-refractivity contribution >= 4 is 46.2 Å². The molecule has 9 heteroatoms. The van der Waals surface area contributed by atoms with Gasteiger partial charge in [-0.15, -0.1) is 0 Å². The fraction of sp³-hybridized carbons (Fsp3) is 0.421. The second-order valence-corrected chi connectivity index (χ2v) is 8.82. The first-order valence-corrected chi connectivity index (χ1v) is 10.6. The van der Waals surface area contributed by atoms with Crippen LogP contribution in [0, 0.1) is 6.92 Å². The molecule has 1 unspecified atom stereocenters. The Bertz CT molecular complexity index is 870. The number of thioether (sulfide) groups is 2. The minimum atomic E-state index is -0.845. The van der Waals surface area contributed by atoms with Crippen LogP contribution in [0.3, 0.4) is 0 Å². The summed E-state index contributed by atoms with van der Waals surface area (Å²) in [6.45, 7) is 7.96. The lowest BCUT2D eigenvalue weighted by atomic mass is 10.2. The van der Waals surface area contributed by atoms with Crippen LogP contribution in [0.4, 0.5) is 5.69 Å². The summed E-state index contributed by atoms with van der Waals surface area (Å²) in [6, 6.07) is 7.85. The van der Waals surface area contributed by atoms with Crippen molar-refractivity contribution in [3.05, 3.63) is 40.4 Å². The molecule has 150 valence electrons. The summed E-state index contributed by atoms with van der Waals surface area (Å²) in [7, 11) is 1.88. The molecule has 1 spiro atoms. The zero-order valence-corrected chi connectivity index (χ0v) is 18.1. The summed E-state index contributed by atoms with van der Waals surface area (Å²) in [4.78, 5) is 27.3. The topological polar surface area (TPSA) is 71.4 Å². The third kappa shape index (κ3) is 3.48. The van der Waals surface area contributed by atoms with Gasteiger partial charge in [0.2, 0.25) is 9.37 Å². The van der Waals surface area contributed by atoms with Crippen LogP contribution >= 0.6 is 23.5 Å². The van der Waals surface area contributed by atoms with Crippen molar-refractivity contribution in [1.82, 2.24) is 4.90 Å². The Kier molecular flexibility index (Phi) is 5.95. The van der Waals surface area contributed by atoms with Crippen LogP contribution in [0.15, 0.2) is 40.0 Å². The molecule has 2 aliphatic rings. The van der Waals surface area contributed by atoms with Gasteiger partial charge in [0.25, 0.3) is 0 Å². The molecule has 1 atom stereocenters. The number of ether oxygens (including phenoxy) is 2. The van der Waals surface area contributed by atoms with Gasteiger partial charge in [0.05, 0.1) is 18.9 Å². The first-order valence-electron chi connectivity index (χ1n) is 8.96. The summed E-state index contributed by atoms with van der Waals surface area (Å²) in [5, 5.41) is 6.60. The van der Waals surface area contributed by atoms with E-state index >= 15 is 0 Å². The second-order valence-electron chi connectivity index (χ2n) is 6.22. The van der Waals surface area contributed by atoms with Gasteiger partial charge in [0.1, 0.15) is 4.91 Å². The predicted octanol–water partition coefficient (Wildman–Crippen LogP) is 3.51. The Morgan fingerprint density at radius 1 is 1.11 bits per heavy atom. The molecule has 0 amide bonds. The third-order valence-electron chi connectivity index (χ3n) is 4.34. The van der Waals surface area contributed by atoms with Crippen molar-refractivity contribution in [2.45, 2.75) is 32.0 Å². The smallest absolute Gasteiger partial charge is 0.365 e. The van der Waals surface area contributed by atoms with E-state index in [1.54, 1.807) is 18.9 Å². The number of esters is 2. The van der Waals surface area contributed by atoms with Crippen LogP contribution in [0.1, 0.15) is 26.3 Å². The number of allylic oxidation sites excluding steroid dienone is 1. The molecule has 0 saturated heterocycles.